The van der Waals surface area contributed by atoms with E-state index in [1.807, 2.05) is 37.3 Å². The fraction of sp³-hybridized carbons (Fsp3) is 0.0714. The van der Waals surface area contributed by atoms with Crippen LogP contribution < -0.4 is 11.3 Å². The Balaban J connectivity index is 2.42. The van der Waals surface area contributed by atoms with Gasteiger partial charge in [-0.25, -0.2) is 0 Å². The standard InChI is InChI=1S/C14H13N3O/c1-8-12(9-4-2-3-5-11(9)17-8)10-6-7-16-14(18)13(10)15/h2-7,17H,15H2,1H3,(H,16,18). The summed E-state index contributed by atoms with van der Waals surface area (Å²) < 4.78 is 0. The number of aromatic amines is 2. The predicted molar refractivity (Wildman–Crippen MR) is 73.5 cm³/mol. The number of hydrogen-bond acceptors (Lipinski definition) is 2. The van der Waals surface area contributed by atoms with Gasteiger partial charge in [0.1, 0.15) is 5.69 Å². The van der Waals surface area contributed by atoms with Crippen LogP contribution in [0.4, 0.5) is 5.69 Å². The first-order chi connectivity index (χ1) is 8.68. The molecule has 2 aromatic heterocycles. The van der Waals surface area contributed by atoms with Crippen LogP contribution in [0.25, 0.3) is 22.0 Å². The topological polar surface area (TPSA) is 74.7 Å². The lowest BCUT2D eigenvalue weighted by Gasteiger charge is -2.04. The number of aryl methyl sites for hydroxylation is 1. The van der Waals surface area contributed by atoms with Crippen LogP contribution in [-0.4, -0.2) is 9.97 Å². The molecule has 0 aliphatic carbocycles. The molecule has 4 heteroatoms. The normalized spacial score (nSPS) is 10.9. The number of H-pyrrole nitrogens is 2. The molecule has 2 heterocycles. The van der Waals surface area contributed by atoms with Crippen molar-refractivity contribution in [2.75, 3.05) is 5.73 Å². The fourth-order valence-electron chi connectivity index (χ4n) is 2.33. The van der Waals surface area contributed by atoms with Gasteiger partial charge in [-0.2, -0.15) is 0 Å². The Morgan fingerprint density at radius 3 is 2.78 bits per heavy atom. The number of hydrogen-bond donors (Lipinski definition) is 3. The summed E-state index contributed by atoms with van der Waals surface area (Å²) in [5.74, 6) is 0. The molecule has 0 radical (unpaired) electrons. The van der Waals surface area contributed by atoms with Gasteiger partial charge in [0.15, 0.2) is 0 Å². The van der Waals surface area contributed by atoms with Crippen LogP contribution in [0.2, 0.25) is 0 Å². The third kappa shape index (κ3) is 1.43. The highest BCUT2D eigenvalue weighted by Crippen LogP contribution is 2.33. The highest BCUT2D eigenvalue weighted by molar-refractivity contribution is 5.99. The van der Waals surface area contributed by atoms with Crippen molar-refractivity contribution in [3.05, 3.63) is 52.6 Å². The van der Waals surface area contributed by atoms with Crippen molar-refractivity contribution in [3.8, 4) is 11.1 Å². The molecule has 4 N–H and O–H groups in total. The molecular weight excluding hydrogens is 226 g/mol. The zero-order valence-electron chi connectivity index (χ0n) is 9.95. The minimum atomic E-state index is -0.253. The van der Waals surface area contributed by atoms with Crippen molar-refractivity contribution in [3.63, 3.8) is 0 Å². The molecule has 1 aromatic carbocycles. The quantitative estimate of drug-likeness (QED) is 0.610. The van der Waals surface area contributed by atoms with E-state index in [0.29, 0.717) is 0 Å². The van der Waals surface area contributed by atoms with Crippen molar-refractivity contribution in [1.82, 2.24) is 9.97 Å². The summed E-state index contributed by atoms with van der Waals surface area (Å²) in [6, 6.07) is 9.81. The highest BCUT2D eigenvalue weighted by atomic mass is 16.1. The lowest BCUT2D eigenvalue weighted by molar-refractivity contribution is 1.24. The first kappa shape index (κ1) is 10.7. The van der Waals surface area contributed by atoms with Gasteiger partial charge >= 0.3 is 0 Å². The molecule has 0 bridgehead atoms. The molecule has 0 aliphatic rings. The molecule has 0 unspecified atom stereocenters. The molecule has 90 valence electrons. The first-order valence-corrected chi connectivity index (χ1v) is 5.73. The smallest absolute Gasteiger partial charge is 0.271 e. The number of nitrogens with one attached hydrogen (secondary N) is 2. The van der Waals surface area contributed by atoms with Crippen molar-refractivity contribution < 1.29 is 0 Å². The summed E-state index contributed by atoms with van der Waals surface area (Å²) in [7, 11) is 0. The Kier molecular flexibility index (Phi) is 2.23. The molecule has 0 fully saturated rings. The van der Waals surface area contributed by atoms with E-state index in [9.17, 15) is 4.79 Å². The van der Waals surface area contributed by atoms with E-state index < -0.39 is 0 Å². The Hall–Kier alpha value is -2.49. The number of pyridine rings is 1. The van der Waals surface area contributed by atoms with Crippen LogP contribution in [0, 0.1) is 6.92 Å². The van der Waals surface area contributed by atoms with Crippen LogP contribution in [-0.2, 0) is 0 Å². The number of para-hydroxylation sites is 1. The van der Waals surface area contributed by atoms with Gasteiger partial charge in [-0.05, 0) is 19.1 Å². The van der Waals surface area contributed by atoms with Gasteiger partial charge in [-0.3, -0.25) is 4.79 Å². The third-order valence-corrected chi connectivity index (χ3v) is 3.16. The van der Waals surface area contributed by atoms with Gasteiger partial charge in [0.2, 0.25) is 0 Å². The predicted octanol–water partition coefficient (Wildman–Crippen LogP) is 2.41. The van der Waals surface area contributed by atoms with Crippen molar-refractivity contribution in [2.24, 2.45) is 0 Å². The zero-order valence-corrected chi connectivity index (χ0v) is 9.95. The molecule has 0 spiro atoms. The average molecular weight is 239 g/mol. The number of aromatic nitrogens is 2. The van der Waals surface area contributed by atoms with Gasteiger partial charge in [0.25, 0.3) is 5.56 Å². The minimum Gasteiger partial charge on any atom is -0.394 e. The molecule has 3 aromatic rings. The first-order valence-electron chi connectivity index (χ1n) is 5.73. The van der Waals surface area contributed by atoms with Crippen LogP contribution in [0.5, 0.6) is 0 Å². The molecule has 0 saturated heterocycles. The van der Waals surface area contributed by atoms with E-state index in [1.54, 1.807) is 6.20 Å². The monoisotopic (exact) mass is 239 g/mol. The Labute approximate surface area is 103 Å². The Morgan fingerprint density at radius 2 is 1.94 bits per heavy atom. The van der Waals surface area contributed by atoms with Crippen LogP contribution in [0.15, 0.2) is 41.3 Å². The molecule has 0 amide bonds. The maximum Gasteiger partial charge on any atom is 0.271 e. The zero-order chi connectivity index (χ0) is 12.7. The molecule has 0 aliphatic heterocycles. The van der Waals surface area contributed by atoms with Crippen LogP contribution >= 0.6 is 0 Å². The molecule has 18 heavy (non-hydrogen) atoms. The van der Waals surface area contributed by atoms with Crippen molar-refractivity contribution in [1.29, 1.82) is 0 Å². The van der Waals surface area contributed by atoms with E-state index >= 15 is 0 Å². The number of nitrogens with two attached hydrogens (primary N) is 1. The summed E-state index contributed by atoms with van der Waals surface area (Å²) in [6.45, 7) is 1.98. The second-order valence-electron chi connectivity index (χ2n) is 4.30. The summed E-state index contributed by atoms with van der Waals surface area (Å²) in [5, 5.41) is 1.08. The summed E-state index contributed by atoms with van der Waals surface area (Å²) >= 11 is 0. The molecule has 0 saturated carbocycles. The third-order valence-electron chi connectivity index (χ3n) is 3.16. The van der Waals surface area contributed by atoms with Gasteiger partial charge in [-0.1, -0.05) is 18.2 Å². The van der Waals surface area contributed by atoms with E-state index in [1.165, 1.54) is 0 Å². The minimum absolute atomic E-state index is 0.253. The van der Waals surface area contributed by atoms with Crippen LogP contribution in [0.3, 0.4) is 0 Å². The largest absolute Gasteiger partial charge is 0.394 e. The van der Waals surface area contributed by atoms with Crippen molar-refractivity contribution >= 4 is 16.6 Å². The highest BCUT2D eigenvalue weighted by Gasteiger charge is 2.13. The van der Waals surface area contributed by atoms with E-state index in [-0.39, 0.29) is 11.2 Å². The SMILES string of the molecule is Cc1[nH]c2ccccc2c1-c1cc[nH]c(=O)c1N. The van der Waals surface area contributed by atoms with Gasteiger partial charge in [0.05, 0.1) is 0 Å². The number of fused-ring (bicyclic) bond motifs is 1. The second-order valence-corrected chi connectivity index (χ2v) is 4.30. The number of rotatable bonds is 1. The lowest BCUT2D eigenvalue weighted by atomic mass is 10.0. The van der Waals surface area contributed by atoms with E-state index in [4.69, 9.17) is 5.73 Å². The number of anilines is 1. The van der Waals surface area contributed by atoms with Crippen molar-refractivity contribution in [2.45, 2.75) is 6.92 Å². The van der Waals surface area contributed by atoms with Gasteiger partial charge < -0.3 is 15.7 Å². The van der Waals surface area contributed by atoms with Gasteiger partial charge in [-0.15, -0.1) is 0 Å². The lowest BCUT2D eigenvalue weighted by Crippen LogP contribution is -2.11. The van der Waals surface area contributed by atoms with Gasteiger partial charge in [0, 0.05) is 33.9 Å². The van der Waals surface area contributed by atoms with Crippen LogP contribution in [0.1, 0.15) is 5.69 Å². The molecular formula is C14H13N3O. The average Bonchev–Trinajstić information content (AvgIpc) is 2.69. The molecule has 4 nitrogen and oxygen atoms in total. The molecule has 3 rings (SSSR count). The number of benzene rings is 1. The molecule has 0 atom stereocenters. The van der Waals surface area contributed by atoms with E-state index in [2.05, 4.69) is 9.97 Å². The Bertz CT molecular complexity index is 783. The van der Waals surface area contributed by atoms with E-state index in [0.717, 1.165) is 27.7 Å². The summed E-state index contributed by atoms with van der Waals surface area (Å²) in [5.41, 5.74) is 9.70. The summed E-state index contributed by atoms with van der Waals surface area (Å²) in [4.78, 5) is 17.5. The maximum absolute atomic E-state index is 11.6. The fourth-order valence-corrected chi connectivity index (χ4v) is 2.33. The summed E-state index contributed by atoms with van der Waals surface area (Å²) in [6.07, 6.45) is 1.62. The maximum atomic E-state index is 11.6. The number of nitrogen functional groups attached to an aromatic ring is 1. The Morgan fingerprint density at radius 1 is 1.17 bits per heavy atom. The second kappa shape index (κ2) is 3.77.